The molecule has 6 rings (SSSR count). The summed E-state index contributed by atoms with van der Waals surface area (Å²) in [5.74, 6) is -0.130. The molecule has 0 fully saturated rings. The van der Waals surface area contributed by atoms with E-state index in [2.05, 4.69) is 9.97 Å². The van der Waals surface area contributed by atoms with Gasteiger partial charge in [-0.2, -0.15) is 0 Å². The van der Waals surface area contributed by atoms with Crippen LogP contribution >= 0.6 is 0 Å². The van der Waals surface area contributed by atoms with Gasteiger partial charge in [-0.25, -0.2) is 9.36 Å². The van der Waals surface area contributed by atoms with Crippen molar-refractivity contribution < 1.29 is 14.6 Å². The molecule has 5 N–H and O–H groups in total. The zero-order valence-electron chi connectivity index (χ0n) is 23.9. The lowest BCUT2D eigenvalue weighted by molar-refractivity contribution is 0.0787. The molecule has 2 heterocycles. The number of aromatic amines is 2. The minimum Gasteiger partial charge on any atom is -0.494 e. The number of nitrogens with one attached hydrogen (secondary N) is 2. The summed E-state index contributed by atoms with van der Waals surface area (Å²) in [5, 5.41) is 12.5. The molecule has 0 aliphatic carbocycles. The van der Waals surface area contributed by atoms with E-state index in [0.717, 1.165) is 37.5 Å². The van der Waals surface area contributed by atoms with Crippen LogP contribution < -0.4 is 21.7 Å². The van der Waals surface area contributed by atoms with Gasteiger partial charge in [0.1, 0.15) is 5.75 Å². The summed E-state index contributed by atoms with van der Waals surface area (Å²) >= 11 is 0. The summed E-state index contributed by atoms with van der Waals surface area (Å²) in [4.78, 5) is 45.7. The number of carbonyl (C=O) groups excluding carboxylic acids is 1. The van der Waals surface area contributed by atoms with E-state index in [1.807, 2.05) is 44.2 Å². The first-order chi connectivity index (χ1) is 19.9. The van der Waals surface area contributed by atoms with Gasteiger partial charge in [0.05, 0.1) is 40.4 Å². The maximum absolute atomic E-state index is 13.7. The van der Waals surface area contributed by atoms with Crippen LogP contribution in [0.3, 0.4) is 0 Å². The Hall–Kier alpha value is -5.15. The van der Waals surface area contributed by atoms with Crippen molar-refractivity contribution in [1.29, 1.82) is 0 Å². The zero-order chi connectivity index (χ0) is 30.1. The number of aromatic nitrogens is 3. The molecule has 0 atom stereocenters. The number of H-pyrrole nitrogens is 2. The third kappa shape index (κ3) is 4.01. The quantitative estimate of drug-likeness (QED) is 0.236. The molecule has 0 spiro atoms. The van der Waals surface area contributed by atoms with Crippen molar-refractivity contribution in [2.45, 2.75) is 33.3 Å². The van der Waals surface area contributed by atoms with Crippen molar-refractivity contribution in [3.8, 4) is 22.6 Å². The van der Waals surface area contributed by atoms with E-state index in [9.17, 15) is 19.5 Å². The second-order valence-electron chi connectivity index (χ2n) is 11.1. The van der Waals surface area contributed by atoms with Crippen LogP contribution in [0.1, 0.15) is 40.9 Å². The van der Waals surface area contributed by atoms with E-state index in [0.29, 0.717) is 44.5 Å². The van der Waals surface area contributed by atoms with Crippen molar-refractivity contribution in [1.82, 2.24) is 14.5 Å². The average molecular weight is 563 g/mol. The summed E-state index contributed by atoms with van der Waals surface area (Å²) < 4.78 is 6.60. The van der Waals surface area contributed by atoms with Gasteiger partial charge in [0.25, 0.3) is 11.5 Å². The van der Waals surface area contributed by atoms with Crippen molar-refractivity contribution in [2.75, 3.05) is 7.11 Å². The van der Waals surface area contributed by atoms with Crippen LogP contribution in [0.15, 0.2) is 70.3 Å². The molecule has 0 unspecified atom stereocenters. The van der Waals surface area contributed by atoms with Gasteiger partial charge >= 0.3 is 5.69 Å². The molecule has 6 aromatic rings. The van der Waals surface area contributed by atoms with Gasteiger partial charge in [-0.15, -0.1) is 0 Å². The lowest BCUT2D eigenvalue weighted by Crippen LogP contribution is -2.34. The normalized spacial score (nSPS) is 12.0. The van der Waals surface area contributed by atoms with Crippen LogP contribution in [0, 0.1) is 13.8 Å². The fourth-order valence-electron chi connectivity index (χ4n) is 5.83. The SMILES string of the molecule is COc1c(C)ccc2c(=O)n(-c3cccc(-c4ccc(C(N)=O)c5[nH]c6cc(C(C)(C)O)ccc6c45)c3C)c(=O)[nH]c12. The molecule has 0 radical (unpaired) electrons. The molecule has 4 aromatic carbocycles. The number of nitrogens with two attached hydrogens (primary N) is 1. The standard InChI is InChI=1S/C33H30N4O5/c1-16-9-11-23-28(29(16)42-5)36-32(40)37(31(23)39)25-8-6-7-19(17(25)2)20-13-14-22(30(34)38)27-26(20)21-12-10-18(33(3,4)41)15-24(21)35-27/h6-15,35,41H,1-5H3,(H2,34,38)(H,36,40). The first-order valence-corrected chi connectivity index (χ1v) is 13.5. The number of nitrogens with zero attached hydrogens (tertiary/aromatic N) is 1. The predicted octanol–water partition coefficient (Wildman–Crippen LogP) is 4.93. The second-order valence-corrected chi connectivity index (χ2v) is 11.1. The van der Waals surface area contributed by atoms with Crippen LogP contribution in [-0.4, -0.2) is 32.7 Å². The number of ether oxygens (including phenoxy) is 1. The fourth-order valence-corrected chi connectivity index (χ4v) is 5.83. The smallest absolute Gasteiger partial charge is 0.333 e. The Morgan fingerprint density at radius 3 is 2.36 bits per heavy atom. The molecule has 0 saturated heterocycles. The van der Waals surface area contributed by atoms with Crippen LogP contribution in [0.25, 0.3) is 49.5 Å². The highest BCUT2D eigenvalue weighted by atomic mass is 16.5. The Bertz CT molecular complexity index is 2210. The third-order valence-corrected chi connectivity index (χ3v) is 7.99. The number of primary amides is 1. The molecular formula is C33H30N4O5. The van der Waals surface area contributed by atoms with E-state index < -0.39 is 22.8 Å². The van der Waals surface area contributed by atoms with E-state index in [-0.39, 0.29) is 0 Å². The molecule has 1 amide bonds. The van der Waals surface area contributed by atoms with E-state index in [4.69, 9.17) is 10.5 Å². The van der Waals surface area contributed by atoms with Crippen LogP contribution in [0.4, 0.5) is 0 Å². The second kappa shape index (κ2) is 9.46. The van der Waals surface area contributed by atoms with Crippen LogP contribution in [-0.2, 0) is 5.60 Å². The van der Waals surface area contributed by atoms with Crippen molar-refractivity contribution >= 4 is 38.6 Å². The molecule has 0 saturated carbocycles. The van der Waals surface area contributed by atoms with Gasteiger partial charge in [0, 0.05) is 16.3 Å². The molecule has 0 aliphatic rings. The van der Waals surface area contributed by atoms with Crippen LogP contribution in [0.5, 0.6) is 5.75 Å². The molecule has 0 bridgehead atoms. The number of hydrogen-bond donors (Lipinski definition) is 4. The number of methoxy groups -OCH3 is 1. The van der Waals surface area contributed by atoms with Crippen LogP contribution in [0.2, 0.25) is 0 Å². The van der Waals surface area contributed by atoms with Gasteiger partial charge in [-0.05, 0) is 79.8 Å². The molecule has 9 nitrogen and oxygen atoms in total. The fraction of sp³-hybridized carbons (Fsp3) is 0.182. The third-order valence-electron chi connectivity index (χ3n) is 7.99. The molecule has 0 aliphatic heterocycles. The predicted molar refractivity (Wildman–Crippen MR) is 165 cm³/mol. The maximum atomic E-state index is 13.7. The Labute approximate surface area is 240 Å². The number of amides is 1. The Morgan fingerprint density at radius 2 is 1.67 bits per heavy atom. The first-order valence-electron chi connectivity index (χ1n) is 13.5. The lowest BCUT2D eigenvalue weighted by atomic mass is 9.92. The summed E-state index contributed by atoms with van der Waals surface area (Å²) in [7, 11) is 1.50. The number of aryl methyl sites for hydroxylation is 1. The van der Waals surface area contributed by atoms with Gasteiger partial charge < -0.3 is 25.5 Å². The van der Waals surface area contributed by atoms with Crippen molar-refractivity contribution in [3.05, 3.63) is 104 Å². The highest BCUT2D eigenvalue weighted by Crippen LogP contribution is 2.39. The first kappa shape index (κ1) is 27.0. The summed E-state index contributed by atoms with van der Waals surface area (Å²) in [6.07, 6.45) is 0. The minimum atomic E-state index is -1.06. The van der Waals surface area contributed by atoms with Gasteiger partial charge in [0.2, 0.25) is 0 Å². The van der Waals surface area contributed by atoms with Gasteiger partial charge in [-0.1, -0.05) is 36.4 Å². The lowest BCUT2D eigenvalue weighted by Gasteiger charge is -2.17. The number of carbonyl (C=O) groups is 1. The number of aliphatic hydroxyl groups is 1. The highest BCUT2D eigenvalue weighted by molar-refractivity contribution is 6.20. The Kier molecular flexibility index (Phi) is 6.09. The average Bonchev–Trinajstić information content (AvgIpc) is 3.32. The zero-order valence-corrected chi connectivity index (χ0v) is 23.9. The van der Waals surface area contributed by atoms with Gasteiger partial charge in [-0.3, -0.25) is 9.59 Å². The minimum absolute atomic E-state index is 0.328. The maximum Gasteiger partial charge on any atom is 0.333 e. The van der Waals surface area contributed by atoms with Gasteiger partial charge in [0.15, 0.2) is 0 Å². The van der Waals surface area contributed by atoms with Crippen molar-refractivity contribution in [3.63, 3.8) is 0 Å². The number of rotatable bonds is 5. The molecule has 9 heteroatoms. The van der Waals surface area contributed by atoms with E-state index in [1.54, 1.807) is 44.2 Å². The molecule has 42 heavy (non-hydrogen) atoms. The largest absolute Gasteiger partial charge is 0.494 e. The Morgan fingerprint density at radius 1 is 0.929 bits per heavy atom. The van der Waals surface area contributed by atoms with E-state index in [1.165, 1.54) is 7.11 Å². The number of benzene rings is 4. The molecular weight excluding hydrogens is 532 g/mol. The van der Waals surface area contributed by atoms with Crippen molar-refractivity contribution in [2.24, 2.45) is 5.73 Å². The summed E-state index contributed by atoms with van der Waals surface area (Å²) in [6, 6.07) is 18.0. The summed E-state index contributed by atoms with van der Waals surface area (Å²) in [6.45, 7) is 7.11. The van der Waals surface area contributed by atoms with E-state index >= 15 is 0 Å². The number of hydrogen-bond acceptors (Lipinski definition) is 5. The topological polar surface area (TPSA) is 143 Å². The monoisotopic (exact) mass is 562 g/mol. The molecule has 2 aromatic heterocycles. The Balaban J connectivity index is 1.64. The highest BCUT2D eigenvalue weighted by Gasteiger charge is 2.22. The molecule has 212 valence electrons. The number of fused-ring (bicyclic) bond motifs is 4. The summed E-state index contributed by atoms with van der Waals surface area (Å²) in [5.41, 5.74) is 9.81.